The maximum atomic E-state index is 12.5. The van der Waals surface area contributed by atoms with Crippen LogP contribution in [0.1, 0.15) is 50.2 Å². The molecule has 0 radical (unpaired) electrons. The van der Waals surface area contributed by atoms with E-state index in [0.717, 1.165) is 25.7 Å². The van der Waals surface area contributed by atoms with Crippen LogP contribution >= 0.6 is 0 Å². The van der Waals surface area contributed by atoms with Gasteiger partial charge < -0.3 is 9.84 Å². The number of para-hydroxylation sites is 1. The number of alkyl halides is 2. The third-order valence-corrected chi connectivity index (χ3v) is 4.17. The Hall–Kier alpha value is -1.67. The highest BCUT2D eigenvalue weighted by atomic mass is 19.3. The fourth-order valence-electron chi connectivity index (χ4n) is 3.01. The molecule has 1 saturated carbocycles. The second kappa shape index (κ2) is 6.86. The van der Waals surface area contributed by atoms with Crippen LogP contribution < -0.4 is 4.74 Å². The first-order valence-electron chi connectivity index (χ1n) is 7.22. The van der Waals surface area contributed by atoms with Gasteiger partial charge in [-0.3, -0.25) is 0 Å². The number of rotatable bonds is 4. The number of aliphatic hydroxyl groups is 1. The highest BCUT2D eigenvalue weighted by molar-refractivity contribution is 5.37. The van der Waals surface area contributed by atoms with E-state index in [0.29, 0.717) is 12.8 Å². The van der Waals surface area contributed by atoms with Crippen LogP contribution in [0.15, 0.2) is 24.3 Å². The summed E-state index contributed by atoms with van der Waals surface area (Å²) >= 11 is 0. The van der Waals surface area contributed by atoms with E-state index in [4.69, 9.17) is 0 Å². The zero-order valence-corrected chi connectivity index (χ0v) is 11.8. The van der Waals surface area contributed by atoms with Gasteiger partial charge in [0.2, 0.25) is 0 Å². The van der Waals surface area contributed by atoms with Crippen molar-refractivity contribution in [1.29, 1.82) is 5.26 Å². The highest BCUT2D eigenvalue weighted by Gasteiger charge is 2.40. The van der Waals surface area contributed by atoms with Crippen molar-refractivity contribution in [3.05, 3.63) is 29.8 Å². The molecular formula is C16H19F2NO2. The summed E-state index contributed by atoms with van der Waals surface area (Å²) < 4.78 is 29.4. The molecule has 1 atom stereocenters. The molecule has 0 amide bonds. The predicted molar refractivity (Wildman–Crippen MR) is 73.8 cm³/mol. The Morgan fingerprint density at radius 3 is 2.33 bits per heavy atom. The van der Waals surface area contributed by atoms with E-state index in [2.05, 4.69) is 10.8 Å². The Bertz CT molecular complexity index is 505. The summed E-state index contributed by atoms with van der Waals surface area (Å²) in [6.07, 6.45) is 3.83. The number of ether oxygens (including phenoxy) is 1. The van der Waals surface area contributed by atoms with Crippen molar-refractivity contribution in [1.82, 2.24) is 0 Å². The molecular weight excluding hydrogens is 276 g/mol. The summed E-state index contributed by atoms with van der Waals surface area (Å²) in [6, 6.07) is 8.41. The van der Waals surface area contributed by atoms with Crippen LogP contribution in [0.4, 0.5) is 8.78 Å². The van der Waals surface area contributed by atoms with Gasteiger partial charge in [-0.1, -0.05) is 43.9 Å². The molecule has 114 valence electrons. The van der Waals surface area contributed by atoms with Gasteiger partial charge >= 0.3 is 6.61 Å². The predicted octanol–water partition coefficient (Wildman–Crippen LogP) is 4.19. The molecule has 21 heavy (non-hydrogen) atoms. The molecule has 0 spiro atoms. The Morgan fingerprint density at radius 2 is 1.76 bits per heavy atom. The minimum absolute atomic E-state index is 0.0566. The van der Waals surface area contributed by atoms with Crippen LogP contribution in [-0.4, -0.2) is 11.7 Å². The van der Waals surface area contributed by atoms with Gasteiger partial charge in [0.05, 0.1) is 11.5 Å². The molecule has 1 aliphatic carbocycles. The molecule has 1 aromatic carbocycles. The lowest BCUT2D eigenvalue weighted by Crippen LogP contribution is -2.27. The first-order chi connectivity index (χ1) is 10.1. The van der Waals surface area contributed by atoms with Gasteiger partial charge in [-0.05, 0) is 18.9 Å². The lowest BCUT2D eigenvalue weighted by Gasteiger charge is -2.31. The standard InChI is InChI=1S/C16H19F2NO2/c17-15(18)21-13-8-4-3-7-12(13)14(20)16(11-19)9-5-1-2-6-10-16/h3-4,7-8,14-15,20H,1-2,5-6,9-10H2. The van der Waals surface area contributed by atoms with Gasteiger partial charge in [-0.25, -0.2) is 0 Å². The Morgan fingerprint density at radius 1 is 1.14 bits per heavy atom. The summed E-state index contributed by atoms with van der Waals surface area (Å²) in [5.41, 5.74) is -0.654. The molecule has 1 N–H and O–H groups in total. The average Bonchev–Trinajstić information content (AvgIpc) is 2.73. The SMILES string of the molecule is N#CC1(C(O)c2ccccc2OC(F)F)CCCCCC1. The van der Waals surface area contributed by atoms with Crippen LogP contribution in [0.5, 0.6) is 5.75 Å². The van der Waals surface area contributed by atoms with Crippen molar-refractivity contribution in [2.45, 2.75) is 51.2 Å². The summed E-state index contributed by atoms with van der Waals surface area (Å²) in [5, 5.41) is 20.2. The van der Waals surface area contributed by atoms with Gasteiger partial charge in [0, 0.05) is 5.56 Å². The number of nitriles is 1. The van der Waals surface area contributed by atoms with Crippen molar-refractivity contribution in [2.75, 3.05) is 0 Å². The van der Waals surface area contributed by atoms with Gasteiger partial charge in [-0.15, -0.1) is 0 Å². The van der Waals surface area contributed by atoms with E-state index in [1.165, 1.54) is 6.07 Å². The van der Waals surface area contributed by atoms with Crippen LogP contribution in [0.25, 0.3) is 0 Å². The largest absolute Gasteiger partial charge is 0.434 e. The fourth-order valence-corrected chi connectivity index (χ4v) is 3.01. The summed E-state index contributed by atoms with van der Waals surface area (Å²) in [7, 11) is 0. The molecule has 1 unspecified atom stereocenters. The second-order valence-electron chi connectivity index (χ2n) is 5.50. The molecule has 0 saturated heterocycles. The lowest BCUT2D eigenvalue weighted by molar-refractivity contribution is -0.0532. The van der Waals surface area contributed by atoms with Gasteiger partial charge in [-0.2, -0.15) is 14.0 Å². The van der Waals surface area contributed by atoms with E-state index in [-0.39, 0.29) is 11.3 Å². The van der Waals surface area contributed by atoms with E-state index >= 15 is 0 Å². The lowest BCUT2D eigenvalue weighted by atomic mass is 9.74. The molecule has 0 aromatic heterocycles. The molecule has 0 aliphatic heterocycles. The number of hydrogen-bond acceptors (Lipinski definition) is 3. The van der Waals surface area contributed by atoms with E-state index in [1.807, 2.05) is 0 Å². The van der Waals surface area contributed by atoms with Crippen molar-refractivity contribution in [2.24, 2.45) is 5.41 Å². The first kappa shape index (κ1) is 15.7. The molecule has 3 nitrogen and oxygen atoms in total. The van der Waals surface area contributed by atoms with Gasteiger partial charge in [0.15, 0.2) is 0 Å². The topological polar surface area (TPSA) is 53.2 Å². The average molecular weight is 295 g/mol. The number of hydrogen-bond donors (Lipinski definition) is 1. The van der Waals surface area contributed by atoms with Crippen molar-refractivity contribution in [3.8, 4) is 11.8 Å². The molecule has 5 heteroatoms. The quantitative estimate of drug-likeness (QED) is 0.847. The summed E-state index contributed by atoms with van der Waals surface area (Å²) in [5.74, 6) is -0.0566. The molecule has 2 rings (SSSR count). The molecule has 0 heterocycles. The van der Waals surface area contributed by atoms with Crippen molar-refractivity contribution < 1.29 is 18.6 Å². The monoisotopic (exact) mass is 295 g/mol. The Balaban J connectivity index is 2.33. The smallest absolute Gasteiger partial charge is 0.387 e. The van der Waals surface area contributed by atoms with Crippen molar-refractivity contribution in [3.63, 3.8) is 0 Å². The molecule has 1 aromatic rings. The van der Waals surface area contributed by atoms with Crippen LogP contribution in [-0.2, 0) is 0 Å². The van der Waals surface area contributed by atoms with Crippen LogP contribution in [0.2, 0.25) is 0 Å². The first-order valence-corrected chi connectivity index (χ1v) is 7.22. The number of benzene rings is 1. The van der Waals surface area contributed by atoms with Crippen LogP contribution in [0, 0.1) is 16.7 Å². The molecule has 0 bridgehead atoms. The Kier molecular flexibility index (Phi) is 5.13. The number of aliphatic hydroxyl groups excluding tert-OH is 1. The summed E-state index contributed by atoms with van der Waals surface area (Å²) in [6.45, 7) is -2.95. The number of halogens is 2. The summed E-state index contributed by atoms with van der Waals surface area (Å²) in [4.78, 5) is 0. The zero-order valence-electron chi connectivity index (χ0n) is 11.8. The number of nitrogens with zero attached hydrogens (tertiary/aromatic N) is 1. The minimum atomic E-state index is -2.95. The van der Waals surface area contributed by atoms with Crippen LogP contribution in [0.3, 0.4) is 0 Å². The maximum Gasteiger partial charge on any atom is 0.387 e. The molecule has 1 aliphatic rings. The minimum Gasteiger partial charge on any atom is -0.434 e. The third kappa shape index (κ3) is 3.51. The third-order valence-electron chi connectivity index (χ3n) is 4.17. The highest BCUT2D eigenvalue weighted by Crippen LogP contribution is 2.46. The second-order valence-corrected chi connectivity index (χ2v) is 5.50. The zero-order chi connectivity index (χ0) is 15.3. The van der Waals surface area contributed by atoms with Gasteiger partial charge in [0.1, 0.15) is 11.9 Å². The van der Waals surface area contributed by atoms with Gasteiger partial charge in [0.25, 0.3) is 0 Å². The van der Waals surface area contributed by atoms with E-state index < -0.39 is 18.1 Å². The fraction of sp³-hybridized carbons (Fsp3) is 0.562. The maximum absolute atomic E-state index is 12.5. The normalized spacial score (nSPS) is 19.6. The van der Waals surface area contributed by atoms with E-state index in [9.17, 15) is 19.1 Å². The molecule has 1 fully saturated rings. The Labute approximate surface area is 123 Å². The van der Waals surface area contributed by atoms with Crippen molar-refractivity contribution >= 4 is 0 Å². The van der Waals surface area contributed by atoms with E-state index in [1.54, 1.807) is 18.2 Å².